The number of nitrogens with zero attached hydrogens (tertiary/aromatic N) is 2. The van der Waals surface area contributed by atoms with Crippen LogP contribution in [0.4, 0.5) is 34.1 Å². The summed E-state index contributed by atoms with van der Waals surface area (Å²) < 4.78 is 13.2. The third-order valence-corrected chi connectivity index (χ3v) is 28.9. The summed E-state index contributed by atoms with van der Waals surface area (Å²) in [5.41, 5.74) is 43.5. The standard InChI is InChI=1S/C134H88N2O2/c1-6-31-89(32-7-1)91-63-74-107(75-64-91)135(108-76-65-93(66-77-108)113-52-29-54-119-117-50-19-24-59-129(117)137-131(113)119)127-57-22-17-47-111(127)101-38-26-36-96(83-101)99-71-82-125-122(87-99)116-80-69-100(88-126(116)134(125,104-42-12-4-13-43-104)105-44-14-5-15-45-105)92-61-72-106(73-62-92)133(103-40-10-3-11-41-103)123-56-21-16-49-115(123)121-86-98(70-81-124(121)133)95-35-27-39-102(84-95)112-48-18-23-58-128(112)136(110-46-28-37-97(85-110)90-33-8-2-9-34-90)109-78-67-94(68-79-109)114-53-30-55-120-118-51-20-25-60-130(118)138-132(114)120/h1-88H. The van der Waals surface area contributed by atoms with E-state index in [2.05, 4.69) is 532 Å². The lowest BCUT2D eigenvalue weighted by atomic mass is 9.67. The lowest BCUT2D eigenvalue weighted by Crippen LogP contribution is -2.28. The van der Waals surface area contributed by atoms with Gasteiger partial charge in [-0.25, -0.2) is 0 Å². The monoisotopic (exact) mass is 1760 g/mol. The molecule has 1 unspecified atom stereocenters. The molecule has 22 aromatic carbocycles. The molecule has 0 aliphatic heterocycles. The zero-order valence-electron chi connectivity index (χ0n) is 75.5. The summed E-state index contributed by atoms with van der Waals surface area (Å²) in [5, 5.41) is 4.46. The van der Waals surface area contributed by atoms with Crippen molar-refractivity contribution in [2.24, 2.45) is 0 Å². The van der Waals surface area contributed by atoms with Gasteiger partial charge in [0.05, 0.1) is 22.2 Å². The van der Waals surface area contributed by atoms with Crippen LogP contribution in [-0.4, -0.2) is 0 Å². The number of hydrogen-bond donors (Lipinski definition) is 0. The molecule has 138 heavy (non-hydrogen) atoms. The highest BCUT2D eigenvalue weighted by atomic mass is 16.3. The minimum atomic E-state index is -0.663. The number of rotatable bonds is 19. The first-order valence-electron chi connectivity index (χ1n) is 47.6. The van der Waals surface area contributed by atoms with Crippen LogP contribution in [0.15, 0.2) is 543 Å². The SMILES string of the molecule is c1ccc(-c2ccc(N(c3ccc(-c4cccc5c4oc4ccccc45)cc3)c3ccccc3-c3cccc(-c4ccc5c(c4)-c4ccc(-c6ccc(C7(c8ccccc8)c8ccccc8-c8cc(-c9cccc(-c%10ccccc%10N(c%10ccc(-c%11cccc%12c%11oc%11ccccc%11%12)cc%10)c%10cccc(-c%11ccccc%11)c%10)c9)ccc87)cc6)cc4C5(c4ccccc4)c4ccccc4)c3)cc2)cc1. The Hall–Kier alpha value is -18.0. The van der Waals surface area contributed by atoms with Gasteiger partial charge in [-0.05, 0) is 248 Å². The number of furan rings is 2. The Kier molecular flexibility index (Phi) is 19.7. The van der Waals surface area contributed by atoms with E-state index in [9.17, 15) is 0 Å². The normalized spacial score (nSPS) is 13.3. The predicted octanol–water partition coefficient (Wildman–Crippen LogP) is 36.2. The number of benzene rings is 22. The van der Waals surface area contributed by atoms with E-state index < -0.39 is 10.8 Å². The Morgan fingerprint density at radius 2 is 0.442 bits per heavy atom. The molecule has 26 rings (SSSR count). The average Bonchev–Trinajstić information content (AvgIpc) is 1.53. The molecule has 2 aliphatic rings. The number of anilines is 6. The number of hydrogen-bond acceptors (Lipinski definition) is 4. The maximum atomic E-state index is 6.59. The first-order chi connectivity index (χ1) is 68.4. The van der Waals surface area contributed by atoms with Crippen molar-refractivity contribution in [2.45, 2.75) is 10.8 Å². The van der Waals surface area contributed by atoms with E-state index in [4.69, 9.17) is 8.83 Å². The molecule has 2 aromatic heterocycles. The zero-order valence-corrected chi connectivity index (χ0v) is 75.5. The van der Waals surface area contributed by atoms with Crippen molar-refractivity contribution in [3.05, 3.63) is 578 Å². The van der Waals surface area contributed by atoms with Gasteiger partial charge >= 0.3 is 0 Å². The Morgan fingerprint density at radius 1 is 0.145 bits per heavy atom. The van der Waals surface area contributed by atoms with Gasteiger partial charge in [-0.1, -0.05) is 431 Å². The fourth-order valence-electron chi connectivity index (χ4n) is 22.5. The van der Waals surface area contributed by atoms with Crippen molar-refractivity contribution >= 4 is 78.0 Å². The highest BCUT2D eigenvalue weighted by Gasteiger charge is 2.48. The molecule has 0 radical (unpaired) electrons. The number of fused-ring (bicyclic) bond motifs is 12. The summed E-state index contributed by atoms with van der Waals surface area (Å²) in [5.74, 6) is 0. The van der Waals surface area contributed by atoms with Gasteiger partial charge in [-0.3, -0.25) is 0 Å². The van der Waals surface area contributed by atoms with E-state index in [-0.39, 0.29) is 0 Å². The Bertz CT molecular complexity index is 8750. The first kappa shape index (κ1) is 80.9. The van der Waals surface area contributed by atoms with Crippen LogP contribution in [-0.2, 0) is 10.8 Å². The molecule has 0 amide bonds. The molecule has 0 bridgehead atoms. The van der Waals surface area contributed by atoms with Gasteiger partial charge in [-0.2, -0.15) is 0 Å². The molecule has 1 atom stereocenters. The van der Waals surface area contributed by atoms with Crippen molar-refractivity contribution in [1.82, 2.24) is 0 Å². The highest BCUT2D eigenvalue weighted by molar-refractivity contribution is 6.11. The van der Waals surface area contributed by atoms with Crippen LogP contribution in [0, 0.1) is 0 Å². The molecule has 2 heterocycles. The minimum Gasteiger partial charge on any atom is -0.455 e. The second-order valence-corrected chi connectivity index (χ2v) is 36.4. The van der Waals surface area contributed by atoms with Gasteiger partial charge in [0, 0.05) is 66.5 Å². The summed E-state index contributed by atoms with van der Waals surface area (Å²) >= 11 is 0. The molecule has 0 N–H and O–H groups in total. The van der Waals surface area contributed by atoms with Crippen LogP contribution in [0.5, 0.6) is 0 Å². The number of para-hydroxylation sites is 6. The highest BCUT2D eigenvalue weighted by Crippen LogP contribution is 2.61. The smallest absolute Gasteiger partial charge is 0.143 e. The van der Waals surface area contributed by atoms with E-state index in [1.807, 2.05) is 12.1 Å². The largest absolute Gasteiger partial charge is 0.455 e. The molecule has 646 valence electrons. The Morgan fingerprint density at radius 3 is 0.942 bits per heavy atom. The molecule has 0 fully saturated rings. The Labute approximate surface area is 802 Å². The quantitative estimate of drug-likeness (QED) is 0.0808. The lowest BCUT2D eigenvalue weighted by molar-refractivity contribution is 0.669. The maximum absolute atomic E-state index is 6.59. The fourth-order valence-corrected chi connectivity index (χ4v) is 22.5. The maximum Gasteiger partial charge on any atom is 0.143 e. The third-order valence-electron chi connectivity index (χ3n) is 28.9. The van der Waals surface area contributed by atoms with Gasteiger partial charge in [0.25, 0.3) is 0 Å². The van der Waals surface area contributed by atoms with E-state index >= 15 is 0 Å². The van der Waals surface area contributed by atoms with E-state index in [1.54, 1.807) is 0 Å². The van der Waals surface area contributed by atoms with Crippen LogP contribution >= 0.6 is 0 Å². The van der Waals surface area contributed by atoms with Crippen LogP contribution in [0.3, 0.4) is 0 Å². The summed E-state index contributed by atoms with van der Waals surface area (Å²) in [6.45, 7) is 0. The molecular formula is C134H88N2O2. The van der Waals surface area contributed by atoms with Crippen LogP contribution in [0.1, 0.15) is 44.5 Å². The van der Waals surface area contributed by atoms with Gasteiger partial charge in [0.15, 0.2) is 0 Å². The molecule has 0 saturated heterocycles. The van der Waals surface area contributed by atoms with Gasteiger partial charge in [0.1, 0.15) is 22.3 Å². The van der Waals surface area contributed by atoms with E-state index in [0.29, 0.717) is 0 Å². The van der Waals surface area contributed by atoms with E-state index in [1.165, 1.54) is 72.3 Å². The van der Waals surface area contributed by atoms with Crippen molar-refractivity contribution < 1.29 is 8.83 Å². The van der Waals surface area contributed by atoms with Crippen molar-refractivity contribution in [1.29, 1.82) is 0 Å². The van der Waals surface area contributed by atoms with Crippen molar-refractivity contribution in [3.63, 3.8) is 0 Å². The summed E-state index contributed by atoms with van der Waals surface area (Å²) in [6, 6.07) is 197. The third kappa shape index (κ3) is 13.5. The van der Waals surface area contributed by atoms with Crippen molar-refractivity contribution in [2.75, 3.05) is 9.80 Å². The van der Waals surface area contributed by atoms with Crippen LogP contribution < -0.4 is 9.80 Å². The molecule has 2 aliphatic carbocycles. The molecule has 4 nitrogen and oxygen atoms in total. The van der Waals surface area contributed by atoms with Crippen molar-refractivity contribution in [3.8, 4) is 122 Å². The summed E-state index contributed by atoms with van der Waals surface area (Å²) in [4.78, 5) is 4.82. The van der Waals surface area contributed by atoms with Gasteiger partial charge < -0.3 is 18.6 Å². The molecule has 24 aromatic rings. The van der Waals surface area contributed by atoms with E-state index in [0.717, 1.165) is 173 Å². The second-order valence-electron chi connectivity index (χ2n) is 36.4. The molecule has 4 heteroatoms. The first-order valence-corrected chi connectivity index (χ1v) is 47.6. The van der Waals surface area contributed by atoms with Crippen LogP contribution in [0.2, 0.25) is 0 Å². The molecule has 0 saturated carbocycles. The van der Waals surface area contributed by atoms with Gasteiger partial charge in [-0.15, -0.1) is 0 Å². The summed E-state index contributed by atoms with van der Waals surface area (Å²) in [6.07, 6.45) is 0. The molecule has 0 spiro atoms. The summed E-state index contributed by atoms with van der Waals surface area (Å²) in [7, 11) is 0. The lowest BCUT2D eigenvalue weighted by Gasteiger charge is -2.34. The molecular weight excluding hydrogens is 1670 g/mol. The topological polar surface area (TPSA) is 32.8 Å². The second kappa shape index (κ2) is 33.6. The van der Waals surface area contributed by atoms with Gasteiger partial charge in [0.2, 0.25) is 0 Å². The zero-order chi connectivity index (χ0) is 91.2. The predicted molar refractivity (Wildman–Crippen MR) is 574 cm³/mol. The minimum absolute atomic E-state index is 0.653. The average molecular weight is 1760 g/mol. The fraction of sp³-hybridized carbons (Fsp3) is 0.0149. The van der Waals surface area contributed by atoms with Crippen LogP contribution in [0.25, 0.3) is 166 Å². The Balaban J connectivity index is 0.548.